The van der Waals surface area contributed by atoms with E-state index in [9.17, 15) is 18.0 Å². The van der Waals surface area contributed by atoms with Gasteiger partial charge in [-0.3, -0.25) is 4.79 Å². The molecule has 0 fully saturated rings. The molecule has 0 aromatic rings. The van der Waals surface area contributed by atoms with Gasteiger partial charge >= 0.3 is 6.36 Å². The minimum atomic E-state index is -4.86. The van der Waals surface area contributed by atoms with E-state index in [1.165, 1.54) is 6.92 Å². The first-order chi connectivity index (χ1) is 7.15. The van der Waals surface area contributed by atoms with Crippen LogP contribution in [0.3, 0.4) is 0 Å². The Bertz CT molecular complexity index is 358. The van der Waals surface area contributed by atoms with Gasteiger partial charge in [-0.25, -0.2) is 0 Å². The second kappa shape index (κ2) is 4.30. The summed E-state index contributed by atoms with van der Waals surface area (Å²) in [5.41, 5.74) is 0. The smallest absolute Gasteiger partial charge is 0.404 e. The average Bonchev–Trinajstić information content (AvgIpc) is 2.07. The number of hydrogen-bond acceptors (Lipinski definition) is 2. The Hall–Kier alpha value is -0.680. The molecular weight excluding hydrogens is 268 g/mol. The van der Waals surface area contributed by atoms with Crippen molar-refractivity contribution in [2.45, 2.75) is 18.2 Å². The molecule has 0 aliphatic heterocycles. The molecule has 0 aromatic heterocycles. The fourth-order valence-electron chi connectivity index (χ4n) is 1.16. The molecule has 2 nitrogen and oxygen atoms in total. The van der Waals surface area contributed by atoms with E-state index in [4.69, 9.17) is 23.2 Å². The molecule has 1 aliphatic carbocycles. The van der Waals surface area contributed by atoms with Crippen molar-refractivity contribution in [3.63, 3.8) is 0 Å². The minimum absolute atomic E-state index is 0.316. The monoisotopic (exact) mass is 273 g/mol. The molecule has 0 heterocycles. The normalized spacial score (nSPS) is 30.5. The molecule has 1 rings (SSSR count). The predicted octanol–water partition coefficient (Wildman–Crippen LogP) is 3.27. The molecule has 7 heteroatoms. The lowest BCUT2D eigenvalue weighted by Crippen LogP contribution is -2.30. The summed E-state index contributed by atoms with van der Waals surface area (Å²) in [6, 6.07) is 0. The molecule has 0 bridgehead atoms. The summed E-state index contributed by atoms with van der Waals surface area (Å²) in [6.07, 6.45) is -1.26. The van der Waals surface area contributed by atoms with Crippen molar-refractivity contribution in [3.8, 4) is 0 Å². The largest absolute Gasteiger partial charge is 0.573 e. The third kappa shape index (κ3) is 3.15. The summed E-state index contributed by atoms with van der Waals surface area (Å²) < 4.78 is 39.6. The van der Waals surface area contributed by atoms with Crippen molar-refractivity contribution in [2.24, 2.45) is 5.92 Å². The predicted molar refractivity (Wildman–Crippen MR) is 52.6 cm³/mol. The van der Waals surface area contributed by atoms with Gasteiger partial charge < -0.3 is 4.74 Å². The second-order valence-electron chi connectivity index (χ2n) is 3.32. The number of carbonyl (C=O) groups excluding carboxylic acids is 1. The molecular formula is C9H6Cl2F3O2. The van der Waals surface area contributed by atoms with Crippen LogP contribution in [0.15, 0.2) is 22.9 Å². The average molecular weight is 274 g/mol. The van der Waals surface area contributed by atoms with Crippen LogP contribution in [0.2, 0.25) is 0 Å². The van der Waals surface area contributed by atoms with Gasteiger partial charge in [0, 0.05) is 0 Å². The van der Waals surface area contributed by atoms with Crippen LogP contribution in [-0.2, 0) is 9.53 Å². The Labute approximate surface area is 99.7 Å². The Balaban J connectivity index is 3.00. The zero-order chi connectivity index (χ0) is 12.6. The SMILES string of the molecule is CC1(Cl)C=C(OC(F)(F)F)C(Cl)=CC1[C]=O. The van der Waals surface area contributed by atoms with E-state index in [1.54, 1.807) is 6.29 Å². The van der Waals surface area contributed by atoms with Crippen LogP contribution in [-0.4, -0.2) is 17.5 Å². The fourth-order valence-corrected chi connectivity index (χ4v) is 1.58. The second-order valence-corrected chi connectivity index (χ2v) is 4.54. The van der Waals surface area contributed by atoms with Crippen LogP contribution in [0.25, 0.3) is 0 Å². The Morgan fingerprint density at radius 1 is 1.56 bits per heavy atom. The van der Waals surface area contributed by atoms with Crippen LogP contribution in [0.4, 0.5) is 13.2 Å². The topological polar surface area (TPSA) is 26.3 Å². The Morgan fingerprint density at radius 2 is 2.12 bits per heavy atom. The lowest BCUT2D eigenvalue weighted by molar-refractivity contribution is -0.303. The molecule has 89 valence electrons. The summed E-state index contributed by atoms with van der Waals surface area (Å²) in [6.45, 7) is 1.36. The maximum Gasteiger partial charge on any atom is 0.573 e. The van der Waals surface area contributed by atoms with Crippen molar-refractivity contribution in [3.05, 3.63) is 22.9 Å². The minimum Gasteiger partial charge on any atom is -0.404 e. The number of hydrogen-bond donors (Lipinski definition) is 0. The number of allylic oxidation sites excluding steroid dienone is 3. The van der Waals surface area contributed by atoms with Crippen LogP contribution in [0, 0.1) is 5.92 Å². The molecule has 0 N–H and O–H groups in total. The van der Waals surface area contributed by atoms with E-state index in [0.717, 1.165) is 12.2 Å². The molecule has 0 spiro atoms. The van der Waals surface area contributed by atoms with E-state index in [0.29, 0.717) is 0 Å². The molecule has 16 heavy (non-hydrogen) atoms. The number of halogens is 5. The maximum atomic E-state index is 12.0. The molecule has 0 saturated carbocycles. The standard InChI is InChI=1S/C9H6Cl2F3O2/c1-8(11)3-7(16-9(12,13)14)6(10)2-5(8)4-15/h2-3,5H,1H3. The van der Waals surface area contributed by atoms with Crippen molar-refractivity contribution in [2.75, 3.05) is 0 Å². The molecule has 2 unspecified atom stereocenters. The van der Waals surface area contributed by atoms with Crippen LogP contribution in [0.1, 0.15) is 6.92 Å². The Kier molecular flexibility index (Phi) is 3.59. The molecule has 1 radical (unpaired) electrons. The lowest BCUT2D eigenvalue weighted by Gasteiger charge is -2.27. The first-order valence-corrected chi connectivity index (χ1v) is 4.84. The van der Waals surface area contributed by atoms with Crippen LogP contribution in [0.5, 0.6) is 0 Å². The highest BCUT2D eigenvalue weighted by Gasteiger charge is 2.39. The van der Waals surface area contributed by atoms with E-state index < -0.39 is 22.9 Å². The van der Waals surface area contributed by atoms with Crippen molar-refractivity contribution in [1.82, 2.24) is 0 Å². The summed E-state index contributed by atoms with van der Waals surface area (Å²) in [5, 5.41) is -0.316. The summed E-state index contributed by atoms with van der Waals surface area (Å²) in [5.74, 6) is -1.53. The highest BCUT2D eigenvalue weighted by Crippen LogP contribution is 2.38. The molecule has 0 amide bonds. The molecule has 1 aliphatic rings. The molecule has 0 aromatic carbocycles. The third-order valence-corrected chi connectivity index (χ3v) is 2.58. The highest BCUT2D eigenvalue weighted by atomic mass is 35.5. The van der Waals surface area contributed by atoms with Gasteiger partial charge in [-0.2, -0.15) is 0 Å². The van der Waals surface area contributed by atoms with E-state index >= 15 is 0 Å². The van der Waals surface area contributed by atoms with Crippen molar-refractivity contribution >= 4 is 29.5 Å². The molecule has 2 atom stereocenters. The highest BCUT2D eigenvalue weighted by molar-refractivity contribution is 6.33. The quantitative estimate of drug-likeness (QED) is 0.722. The number of rotatable bonds is 2. The van der Waals surface area contributed by atoms with Crippen LogP contribution < -0.4 is 0 Å². The molecule has 0 saturated heterocycles. The Morgan fingerprint density at radius 3 is 2.56 bits per heavy atom. The lowest BCUT2D eigenvalue weighted by atomic mass is 9.89. The number of ether oxygens (including phenoxy) is 1. The van der Waals surface area contributed by atoms with Crippen molar-refractivity contribution in [1.29, 1.82) is 0 Å². The maximum absolute atomic E-state index is 12.0. The fraction of sp³-hybridized carbons (Fsp3) is 0.444. The summed E-state index contributed by atoms with van der Waals surface area (Å²) in [4.78, 5) is 9.18. The van der Waals surface area contributed by atoms with Crippen LogP contribution >= 0.6 is 23.2 Å². The van der Waals surface area contributed by atoms with E-state index in [1.807, 2.05) is 0 Å². The van der Waals surface area contributed by atoms with E-state index in [-0.39, 0.29) is 5.03 Å². The third-order valence-electron chi connectivity index (χ3n) is 1.92. The first-order valence-electron chi connectivity index (χ1n) is 4.08. The van der Waals surface area contributed by atoms with Gasteiger partial charge in [-0.15, -0.1) is 24.8 Å². The zero-order valence-corrected chi connectivity index (χ0v) is 9.45. The van der Waals surface area contributed by atoms with E-state index in [2.05, 4.69) is 4.74 Å². The van der Waals surface area contributed by atoms with Gasteiger partial charge in [0.25, 0.3) is 0 Å². The van der Waals surface area contributed by atoms with Gasteiger partial charge in [0.2, 0.25) is 6.29 Å². The zero-order valence-electron chi connectivity index (χ0n) is 7.94. The first kappa shape index (κ1) is 13.4. The van der Waals surface area contributed by atoms with Gasteiger partial charge in [-0.05, 0) is 19.1 Å². The van der Waals surface area contributed by atoms with Gasteiger partial charge in [0.15, 0.2) is 0 Å². The van der Waals surface area contributed by atoms with Gasteiger partial charge in [-0.1, -0.05) is 11.6 Å². The van der Waals surface area contributed by atoms with Gasteiger partial charge in [0.05, 0.1) is 15.8 Å². The van der Waals surface area contributed by atoms with Crippen molar-refractivity contribution < 1.29 is 22.7 Å². The van der Waals surface area contributed by atoms with Gasteiger partial charge in [0.1, 0.15) is 5.76 Å². The number of alkyl halides is 4. The summed E-state index contributed by atoms with van der Waals surface area (Å²) in [7, 11) is 0. The summed E-state index contributed by atoms with van der Waals surface area (Å²) >= 11 is 11.4.